The molecule has 0 spiro atoms. The van der Waals surface area contributed by atoms with Crippen LogP contribution in [-0.2, 0) is 0 Å². The molecule has 6 nitrogen and oxygen atoms in total. The van der Waals surface area contributed by atoms with Gasteiger partial charge in [0.2, 0.25) is 0 Å². The summed E-state index contributed by atoms with van der Waals surface area (Å²) >= 11 is 0. The average molecular weight is 529 g/mol. The standard InChI is InChI=1S/3C7H16N2.Nd/c3*1-6(2)8-5-9-7(3)4;/h3*6-7H,5H2,1-4H3;/q3*-2;. The molecular formula is C21H48N6Nd-6. The van der Waals surface area contributed by atoms with Gasteiger partial charge in [0.15, 0.2) is 0 Å². The van der Waals surface area contributed by atoms with Crippen LogP contribution in [0.15, 0.2) is 0 Å². The van der Waals surface area contributed by atoms with Crippen molar-refractivity contribution in [1.82, 2.24) is 0 Å². The van der Waals surface area contributed by atoms with Gasteiger partial charge in [0.05, 0.1) is 0 Å². The molecule has 0 aliphatic heterocycles. The molecule has 28 heavy (non-hydrogen) atoms. The Morgan fingerprint density at radius 2 is 0.429 bits per heavy atom. The van der Waals surface area contributed by atoms with Gasteiger partial charge < -0.3 is 31.9 Å². The minimum atomic E-state index is 0. The number of nitrogens with zero attached hydrogens (tertiary/aromatic N) is 6. The molecule has 0 N–H and O–H groups in total. The first-order valence-corrected chi connectivity index (χ1v) is 10.4. The molecule has 0 aliphatic rings. The Morgan fingerprint density at radius 3 is 0.500 bits per heavy atom. The molecule has 0 saturated heterocycles. The minimum absolute atomic E-state index is 0. The van der Waals surface area contributed by atoms with Crippen LogP contribution >= 0.6 is 0 Å². The van der Waals surface area contributed by atoms with E-state index in [1.54, 1.807) is 0 Å². The number of hydrogen-bond acceptors (Lipinski definition) is 0. The van der Waals surface area contributed by atoms with Gasteiger partial charge in [-0.1, -0.05) is 83.1 Å². The maximum atomic E-state index is 4.20. The van der Waals surface area contributed by atoms with Crippen molar-refractivity contribution in [3.63, 3.8) is 0 Å². The first-order chi connectivity index (χ1) is 12.4. The fourth-order valence-electron chi connectivity index (χ4n) is 1.12. The van der Waals surface area contributed by atoms with Crippen LogP contribution in [0.1, 0.15) is 83.1 Å². The fourth-order valence-corrected chi connectivity index (χ4v) is 1.12. The first kappa shape index (κ1) is 36.5. The van der Waals surface area contributed by atoms with Gasteiger partial charge in [-0.05, 0) is 0 Å². The second-order valence-corrected chi connectivity index (χ2v) is 8.08. The molecule has 0 aromatic rings. The van der Waals surface area contributed by atoms with Crippen LogP contribution in [0.25, 0.3) is 31.9 Å². The third kappa shape index (κ3) is 50.6. The quantitative estimate of drug-likeness (QED) is 0.251. The van der Waals surface area contributed by atoms with Gasteiger partial charge in [-0.25, -0.2) is 0 Å². The van der Waals surface area contributed by atoms with Crippen molar-refractivity contribution in [3.8, 4) is 0 Å². The van der Waals surface area contributed by atoms with Crippen LogP contribution in [0.2, 0.25) is 0 Å². The van der Waals surface area contributed by atoms with Gasteiger partial charge >= 0.3 is 0 Å². The van der Waals surface area contributed by atoms with E-state index in [-0.39, 0.29) is 40.8 Å². The van der Waals surface area contributed by atoms with E-state index in [0.717, 1.165) is 0 Å². The maximum Gasteiger partial charge on any atom is 0 e. The van der Waals surface area contributed by atoms with E-state index >= 15 is 0 Å². The Bertz CT molecular complexity index is 205. The van der Waals surface area contributed by atoms with Crippen LogP contribution in [0.3, 0.4) is 0 Å². The SMILES string of the molecule is CC(C)[N-]C[N-]C(C)C.CC(C)[N-]C[N-]C(C)C.CC(C)[N-]C[N-]C(C)C.[Nd]. The summed E-state index contributed by atoms with van der Waals surface area (Å²) in [5.74, 6) is 0. The van der Waals surface area contributed by atoms with Crippen molar-refractivity contribution in [2.45, 2.75) is 119 Å². The second kappa shape index (κ2) is 26.1. The van der Waals surface area contributed by atoms with Crippen molar-refractivity contribution in [2.24, 2.45) is 0 Å². The van der Waals surface area contributed by atoms with Gasteiger partial charge in [-0.3, -0.25) is 20.0 Å². The molecule has 0 rings (SSSR count). The smallest absolute Gasteiger partial charge is 0 e. The summed E-state index contributed by atoms with van der Waals surface area (Å²) in [6, 6.07) is 2.54. The molecule has 0 aromatic carbocycles. The molecule has 0 aromatic heterocycles. The molecule has 7 heteroatoms. The Balaban J connectivity index is -0.000000152. The topological polar surface area (TPSA) is 84.6 Å². The maximum absolute atomic E-state index is 4.20. The number of rotatable bonds is 12. The molecular weight excluding hydrogens is 481 g/mol. The molecule has 0 heterocycles. The Morgan fingerprint density at radius 1 is 0.321 bits per heavy atom. The summed E-state index contributed by atoms with van der Waals surface area (Å²) in [7, 11) is 0. The third-order valence-electron chi connectivity index (χ3n) is 2.68. The molecule has 0 radical (unpaired) electrons. The minimum Gasteiger partial charge on any atom is -0.678 e. The van der Waals surface area contributed by atoms with Crippen molar-refractivity contribution in [1.29, 1.82) is 0 Å². The van der Waals surface area contributed by atoms with Crippen molar-refractivity contribution < 1.29 is 40.8 Å². The molecule has 0 bridgehead atoms. The largest absolute Gasteiger partial charge is 0.678 e. The van der Waals surface area contributed by atoms with E-state index in [2.05, 4.69) is 115 Å². The van der Waals surface area contributed by atoms with Gasteiger partial charge in [-0.15, -0.1) is 36.3 Å². The Hall–Kier alpha value is 1.11. The predicted octanol–water partition coefficient (Wildman–Crippen LogP) is 7.52. The second-order valence-electron chi connectivity index (χ2n) is 8.08. The molecule has 172 valence electrons. The van der Waals surface area contributed by atoms with Crippen molar-refractivity contribution in [2.75, 3.05) is 20.0 Å². The Labute approximate surface area is 210 Å². The van der Waals surface area contributed by atoms with Crippen LogP contribution in [0.5, 0.6) is 0 Å². The van der Waals surface area contributed by atoms with Gasteiger partial charge in [-0.2, -0.15) is 0 Å². The predicted molar refractivity (Wildman–Crippen MR) is 126 cm³/mol. The van der Waals surface area contributed by atoms with Crippen LogP contribution in [-0.4, -0.2) is 56.3 Å². The summed E-state index contributed by atoms with van der Waals surface area (Å²) in [5, 5.41) is 25.2. The van der Waals surface area contributed by atoms with E-state index in [1.807, 2.05) is 0 Å². The summed E-state index contributed by atoms with van der Waals surface area (Å²) < 4.78 is 0. The Kier molecular flexibility index (Phi) is 34.1. The van der Waals surface area contributed by atoms with Gasteiger partial charge in [0.1, 0.15) is 0 Å². The average Bonchev–Trinajstić information content (AvgIpc) is 2.46. The monoisotopic (exact) mass is 526 g/mol. The molecule has 0 fully saturated rings. The third-order valence-corrected chi connectivity index (χ3v) is 2.68. The zero-order chi connectivity index (χ0) is 21.8. The van der Waals surface area contributed by atoms with E-state index in [1.165, 1.54) is 0 Å². The zero-order valence-corrected chi connectivity index (χ0v) is 24.0. The molecule has 0 aliphatic carbocycles. The summed E-state index contributed by atoms with van der Waals surface area (Å²) in [6.45, 7) is 26.8. The van der Waals surface area contributed by atoms with E-state index in [9.17, 15) is 0 Å². The van der Waals surface area contributed by atoms with E-state index < -0.39 is 0 Å². The molecule has 0 atom stereocenters. The first-order valence-electron chi connectivity index (χ1n) is 10.4. The normalized spacial score (nSPS) is 10.9. The molecule has 0 amide bonds. The van der Waals surface area contributed by atoms with E-state index in [4.69, 9.17) is 0 Å². The molecule has 0 saturated carbocycles. The van der Waals surface area contributed by atoms with Crippen molar-refractivity contribution in [3.05, 3.63) is 31.9 Å². The fraction of sp³-hybridized carbons (Fsp3) is 1.00. The summed E-state index contributed by atoms with van der Waals surface area (Å²) in [5.41, 5.74) is 0. The van der Waals surface area contributed by atoms with Crippen molar-refractivity contribution >= 4 is 0 Å². The van der Waals surface area contributed by atoms with Crippen LogP contribution in [0, 0.1) is 40.8 Å². The zero-order valence-electron chi connectivity index (χ0n) is 20.8. The van der Waals surface area contributed by atoms with Crippen LogP contribution in [0.4, 0.5) is 0 Å². The van der Waals surface area contributed by atoms with Crippen LogP contribution < -0.4 is 0 Å². The summed E-state index contributed by atoms with van der Waals surface area (Å²) in [4.78, 5) is 0. The van der Waals surface area contributed by atoms with E-state index in [0.29, 0.717) is 56.3 Å². The summed E-state index contributed by atoms with van der Waals surface area (Å²) in [6.07, 6.45) is 0. The van der Waals surface area contributed by atoms with Gasteiger partial charge in [0.25, 0.3) is 0 Å². The van der Waals surface area contributed by atoms with Gasteiger partial charge in [0, 0.05) is 40.8 Å². The number of hydrogen-bond donors (Lipinski definition) is 0. The molecule has 0 unspecified atom stereocenters.